The van der Waals surface area contributed by atoms with Crippen molar-refractivity contribution in [3.8, 4) is 22.7 Å². The van der Waals surface area contributed by atoms with E-state index in [1.165, 1.54) is 7.05 Å². The van der Waals surface area contributed by atoms with Gasteiger partial charge in [-0.2, -0.15) is 5.10 Å². The fourth-order valence-corrected chi connectivity index (χ4v) is 4.33. The van der Waals surface area contributed by atoms with Crippen molar-refractivity contribution in [3.63, 3.8) is 0 Å². The Bertz CT molecular complexity index is 1120. The number of ether oxygens (including phenoxy) is 1. The van der Waals surface area contributed by atoms with Crippen LogP contribution in [-0.4, -0.2) is 63.3 Å². The summed E-state index contributed by atoms with van der Waals surface area (Å²) in [4.78, 5) is 13.7. The molecule has 8 heteroatoms. The third-order valence-corrected chi connectivity index (χ3v) is 6.31. The van der Waals surface area contributed by atoms with Gasteiger partial charge in [-0.1, -0.05) is 12.1 Å². The van der Waals surface area contributed by atoms with Crippen LogP contribution in [0.25, 0.3) is 16.9 Å². The summed E-state index contributed by atoms with van der Waals surface area (Å²) in [6, 6.07) is 15.6. The Balaban J connectivity index is 1.68. The maximum absolute atomic E-state index is 12.1. The fraction of sp³-hybridized carbons (Fsp3) is 0.360. The van der Waals surface area contributed by atoms with Crippen LogP contribution in [0, 0.1) is 6.92 Å². The van der Waals surface area contributed by atoms with Crippen molar-refractivity contribution >= 4 is 6.03 Å². The standard InChI is InChI=1S/C25H30N4O4/c1-17-14-19(4-5-20(17)16-30)24-15-23(18-10-12-28(13-11-18)25(31)27(2)32)26-29(24)21-6-8-22(33-3)9-7-21/h4-9,14-15,18,30,32H,10-13,16H2,1-3H3. The van der Waals surface area contributed by atoms with E-state index in [-0.39, 0.29) is 18.6 Å². The molecule has 8 nitrogen and oxygen atoms in total. The number of piperidine rings is 1. The third-order valence-electron chi connectivity index (χ3n) is 6.31. The fourth-order valence-electron chi connectivity index (χ4n) is 4.33. The summed E-state index contributed by atoms with van der Waals surface area (Å²) in [5, 5.41) is 24.6. The molecule has 174 valence electrons. The number of hydroxylamine groups is 2. The predicted octanol–water partition coefficient (Wildman–Crippen LogP) is 3.97. The summed E-state index contributed by atoms with van der Waals surface area (Å²) < 4.78 is 7.25. The number of amides is 2. The van der Waals surface area contributed by atoms with Crippen molar-refractivity contribution < 1.29 is 19.8 Å². The molecule has 0 spiro atoms. The number of aliphatic hydroxyl groups is 1. The average Bonchev–Trinajstić information content (AvgIpc) is 3.29. The average molecular weight is 451 g/mol. The molecule has 3 aromatic rings. The van der Waals surface area contributed by atoms with Crippen LogP contribution < -0.4 is 4.74 Å². The molecule has 1 aliphatic rings. The molecule has 33 heavy (non-hydrogen) atoms. The van der Waals surface area contributed by atoms with Crippen LogP contribution in [0.2, 0.25) is 0 Å². The van der Waals surface area contributed by atoms with Crippen molar-refractivity contribution in [1.29, 1.82) is 0 Å². The topological polar surface area (TPSA) is 91.1 Å². The van der Waals surface area contributed by atoms with Gasteiger partial charge in [-0.15, -0.1) is 0 Å². The molecule has 2 N–H and O–H groups in total. The van der Waals surface area contributed by atoms with E-state index in [2.05, 4.69) is 12.1 Å². The number of hydrogen-bond acceptors (Lipinski definition) is 5. The molecule has 0 saturated carbocycles. The van der Waals surface area contributed by atoms with Crippen LogP contribution in [0.3, 0.4) is 0 Å². The number of likely N-dealkylation sites (tertiary alicyclic amines) is 1. The van der Waals surface area contributed by atoms with E-state index in [1.54, 1.807) is 12.0 Å². The summed E-state index contributed by atoms with van der Waals surface area (Å²) in [6.07, 6.45) is 1.56. The first-order valence-electron chi connectivity index (χ1n) is 11.1. The van der Waals surface area contributed by atoms with Crippen molar-refractivity contribution in [1.82, 2.24) is 19.7 Å². The van der Waals surface area contributed by atoms with E-state index in [1.807, 2.05) is 48.0 Å². The van der Waals surface area contributed by atoms with Crippen molar-refractivity contribution in [2.75, 3.05) is 27.2 Å². The number of carbonyl (C=O) groups is 1. The van der Waals surface area contributed by atoms with Crippen molar-refractivity contribution in [3.05, 3.63) is 65.4 Å². The molecule has 4 rings (SSSR count). The van der Waals surface area contributed by atoms with Crippen LogP contribution >= 0.6 is 0 Å². The number of benzene rings is 2. The zero-order valence-corrected chi connectivity index (χ0v) is 19.2. The van der Waals surface area contributed by atoms with Crippen LogP contribution in [0.1, 0.15) is 35.6 Å². The van der Waals surface area contributed by atoms with Gasteiger partial charge in [0.05, 0.1) is 30.8 Å². The molecule has 0 atom stereocenters. The highest BCUT2D eigenvalue weighted by Crippen LogP contribution is 2.33. The summed E-state index contributed by atoms with van der Waals surface area (Å²) in [5.74, 6) is 0.996. The van der Waals surface area contributed by atoms with Gasteiger partial charge in [-0.05, 0) is 67.3 Å². The lowest BCUT2D eigenvalue weighted by atomic mass is 9.93. The van der Waals surface area contributed by atoms with E-state index in [9.17, 15) is 15.1 Å². The zero-order chi connectivity index (χ0) is 23.5. The Morgan fingerprint density at radius 3 is 2.42 bits per heavy atom. The van der Waals surface area contributed by atoms with E-state index < -0.39 is 0 Å². The van der Waals surface area contributed by atoms with E-state index >= 15 is 0 Å². The van der Waals surface area contributed by atoms with Gasteiger partial charge in [-0.3, -0.25) is 5.21 Å². The summed E-state index contributed by atoms with van der Waals surface area (Å²) >= 11 is 0. The third kappa shape index (κ3) is 4.72. The van der Waals surface area contributed by atoms with Gasteiger partial charge in [0.2, 0.25) is 0 Å². The molecule has 0 unspecified atom stereocenters. The molecule has 2 amide bonds. The quantitative estimate of drug-likeness (QED) is 0.453. The second-order valence-electron chi connectivity index (χ2n) is 8.43. The Labute approximate surface area is 193 Å². The summed E-state index contributed by atoms with van der Waals surface area (Å²) in [6.45, 7) is 3.15. The Hall–Kier alpha value is -3.36. The number of rotatable bonds is 5. The molecule has 1 aromatic heterocycles. The highest BCUT2D eigenvalue weighted by atomic mass is 16.5. The van der Waals surface area contributed by atoms with Gasteiger partial charge in [0.15, 0.2) is 0 Å². The minimum absolute atomic E-state index is 0.00935. The molecular formula is C25H30N4O4. The lowest BCUT2D eigenvalue weighted by Gasteiger charge is -2.32. The van der Waals surface area contributed by atoms with Gasteiger partial charge < -0.3 is 14.7 Å². The van der Waals surface area contributed by atoms with Gasteiger partial charge in [0.25, 0.3) is 0 Å². The molecular weight excluding hydrogens is 420 g/mol. The van der Waals surface area contributed by atoms with E-state index in [0.717, 1.165) is 52.4 Å². The first kappa shape index (κ1) is 22.8. The van der Waals surface area contributed by atoms with Crippen LogP contribution in [-0.2, 0) is 6.61 Å². The number of carbonyl (C=O) groups excluding carboxylic acids is 1. The molecule has 0 bridgehead atoms. The minimum Gasteiger partial charge on any atom is -0.497 e. The number of aliphatic hydroxyl groups excluding tert-OH is 1. The number of urea groups is 1. The number of nitrogens with zero attached hydrogens (tertiary/aromatic N) is 4. The molecule has 1 aliphatic heterocycles. The van der Waals surface area contributed by atoms with Crippen molar-refractivity contribution in [2.45, 2.75) is 32.3 Å². The Morgan fingerprint density at radius 2 is 1.85 bits per heavy atom. The maximum Gasteiger partial charge on any atom is 0.343 e. The summed E-state index contributed by atoms with van der Waals surface area (Å²) in [7, 11) is 2.99. The normalized spacial score (nSPS) is 14.4. The van der Waals surface area contributed by atoms with Gasteiger partial charge >= 0.3 is 6.03 Å². The second-order valence-corrected chi connectivity index (χ2v) is 8.43. The monoisotopic (exact) mass is 450 g/mol. The van der Waals surface area contributed by atoms with Gasteiger partial charge in [0.1, 0.15) is 5.75 Å². The molecule has 2 heterocycles. The first-order chi connectivity index (χ1) is 15.9. The highest BCUT2D eigenvalue weighted by Gasteiger charge is 2.28. The van der Waals surface area contributed by atoms with Crippen LogP contribution in [0.4, 0.5) is 4.79 Å². The largest absolute Gasteiger partial charge is 0.497 e. The Kier molecular flexibility index (Phi) is 6.67. The van der Waals surface area contributed by atoms with E-state index in [4.69, 9.17) is 9.84 Å². The number of methoxy groups -OCH3 is 1. The van der Waals surface area contributed by atoms with Gasteiger partial charge in [0, 0.05) is 31.6 Å². The van der Waals surface area contributed by atoms with Gasteiger partial charge in [-0.25, -0.2) is 14.5 Å². The van der Waals surface area contributed by atoms with Crippen molar-refractivity contribution in [2.24, 2.45) is 0 Å². The van der Waals surface area contributed by atoms with Crippen LogP contribution in [0.15, 0.2) is 48.5 Å². The van der Waals surface area contributed by atoms with Crippen LogP contribution in [0.5, 0.6) is 5.75 Å². The first-order valence-corrected chi connectivity index (χ1v) is 11.1. The second kappa shape index (κ2) is 9.64. The molecule has 0 radical (unpaired) electrons. The summed E-state index contributed by atoms with van der Waals surface area (Å²) in [5.41, 5.74) is 5.83. The van der Waals surface area contributed by atoms with E-state index in [0.29, 0.717) is 18.2 Å². The molecule has 1 saturated heterocycles. The lowest BCUT2D eigenvalue weighted by Crippen LogP contribution is -2.43. The zero-order valence-electron chi connectivity index (χ0n) is 19.2. The number of aromatic nitrogens is 2. The smallest absolute Gasteiger partial charge is 0.343 e. The Morgan fingerprint density at radius 1 is 1.15 bits per heavy atom. The minimum atomic E-state index is -0.377. The number of aryl methyl sites for hydroxylation is 1. The number of hydrogen-bond donors (Lipinski definition) is 2. The molecule has 2 aromatic carbocycles. The highest BCUT2D eigenvalue weighted by molar-refractivity contribution is 5.73. The SMILES string of the molecule is COc1ccc(-n2nc(C3CCN(C(=O)N(C)O)CC3)cc2-c2ccc(CO)c(C)c2)cc1. The maximum atomic E-state index is 12.1. The predicted molar refractivity (Wildman–Crippen MR) is 125 cm³/mol. The molecule has 1 fully saturated rings. The lowest BCUT2D eigenvalue weighted by molar-refractivity contribution is -0.0356. The molecule has 0 aliphatic carbocycles.